The van der Waals surface area contributed by atoms with E-state index in [0.717, 1.165) is 11.1 Å². The summed E-state index contributed by atoms with van der Waals surface area (Å²) in [7, 11) is 0. The van der Waals surface area contributed by atoms with Crippen molar-refractivity contribution in [2.75, 3.05) is 0 Å². The molecule has 0 unspecified atom stereocenters. The quantitative estimate of drug-likeness (QED) is 0.435. The van der Waals surface area contributed by atoms with Crippen molar-refractivity contribution in [1.29, 1.82) is 0 Å². The lowest BCUT2D eigenvalue weighted by Crippen LogP contribution is -2.17. The molecule has 0 saturated heterocycles. The molecule has 2 aliphatic heterocycles. The van der Waals surface area contributed by atoms with Crippen LogP contribution in [0.1, 0.15) is 22.3 Å². The maximum absolute atomic E-state index is 12.7. The first-order chi connectivity index (χ1) is 15.1. The van der Waals surface area contributed by atoms with Crippen LogP contribution in [0, 0.1) is 6.92 Å². The van der Waals surface area contributed by atoms with Gasteiger partial charge < -0.3 is 4.57 Å². The lowest BCUT2D eigenvalue weighted by molar-refractivity contribution is 0.758. The van der Waals surface area contributed by atoms with Crippen LogP contribution >= 0.6 is 12.6 Å². The second-order valence-electron chi connectivity index (χ2n) is 7.53. The molecule has 2 aromatic carbocycles. The molecule has 31 heavy (non-hydrogen) atoms. The first-order valence-corrected chi connectivity index (χ1v) is 10.6. The van der Waals surface area contributed by atoms with Gasteiger partial charge in [0.2, 0.25) is 0 Å². The summed E-state index contributed by atoms with van der Waals surface area (Å²) in [6.07, 6.45) is 3.20. The minimum atomic E-state index is -0.340. The summed E-state index contributed by atoms with van der Waals surface area (Å²) in [4.78, 5) is 30.4. The Labute approximate surface area is 184 Å². The van der Waals surface area contributed by atoms with Crippen LogP contribution in [0.15, 0.2) is 66.0 Å². The Morgan fingerprint density at radius 2 is 1.55 bits per heavy atom. The third-order valence-corrected chi connectivity index (χ3v) is 5.69. The van der Waals surface area contributed by atoms with E-state index < -0.39 is 0 Å². The van der Waals surface area contributed by atoms with Crippen LogP contribution in [0.4, 0.5) is 0 Å². The van der Waals surface area contributed by atoms with Gasteiger partial charge in [-0.15, -0.1) is 0 Å². The van der Waals surface area contributed by atoms with Crippen LogP contribution < -0.4 is 5.69 Å². The lowest BCUT2D eigenvalue weighted by atomic mass is 10.1. The van der Waals surface area contributed by atoms with Crippen LogP contribution in [-0.2, 0) is 18.8 Å². The van der Waals surface area contributed by atoms with E-state index in [2.05, 4.69) is 56.8 Å². The molecule has 7 nitrogen and oxygen atoms in total. The van der Waals surface area contributed by atoms with E-state index in [-0.39, 0.29) is 5.69 Å². The summed E-state index contributed by atoms with van der Waals surface area (Å²) in [5.74, 6) is 1.19. The standard InChI is InChI=1S/C23H20N6OS/c1-15-2-4-17(5-3-15)11-29-22-20(27-23(29)30)19-21(24-13-25-22)28(14-26-19)10-16-6-8-18(12-31)9-7-16/h2-9,13-14,31H,10-12H2,1H3. The van der Waals surface area contributed by atoms with Crippen LogP contribution in [0.5, 0.6) is 0 Å². The first-order valence-electron chi connectivity index (χ1n) is 9.93. The predicted molar refractivity (Wildman–Crippen MR) is 123 cm³/mol. The molecule has 5 rings (SSSR count). The first kappa shape index (κ1) is 19.4. The van der Waals surface area contributed by atoms with Crippen molar-refractivity contribution in [1.82, 2.24) is 29.1 Å². The average molecular weight is 429 g/mol. The number of aromatic nitrogens is 6. The SMILES string of the molecule is Cc1ccc(Cn2c3ncnc4c(ncn4Cc4ccc(CS)cc4)c-3nc2=O)cc1. The molecule has 2 aliphatic rings. The largest absolute Gasteiger partial charge is 0.350 e. The highest BCUT2D eigenvalue weighted by atomic mass is 32.1. The number of rotatable bonds is 5. The third kappa shape index (κ3) is 3.70. The summed E-state index contributed by atoms with van der Waals surface area (Å²) in [6.45, 7) is 3.03. The number of hydrogen-bond donors (Lipinski definition) is 1. The molecule has 0 radical (unpaired) electrons. The molecule has 0 fully saturated rings. The van der Waals surface area contributed by atoms with Crippen molar-refractivity contribution >= 4 is 23.8 Å². The Hall–Kier alpha value is -3.52. The fraction of sp³-hybridized carbons (Fsp3) is 0.174. The maximum atomic E-state index is 12.7. The topological polar surface area (TPSA) is 78.5 Å². The Morgan fingerprint density at radius 1 is 0.871 bits per heavy atom. The number of imidazole rings is 2. The molecular formula is C23H20N6OS. The number of benzene rings is 2. The lowest BCUT2D eigenvalue weighted by Gasteiger charge is -2.04. The van der Waals surface area contributed by atoms with Crippen molar-refractivity contribution in [3.63, 3.8) is 0 Å². The maximum Gasteiger partial charge on any atom is 0.350 e. The van der Waals surface area contributed by atoms with Gasteiger partial charge in [-0.1, -0.05) is 54.1 Å². The smallest absolute Gasteiger partial charge is 0.311 e. The highest BCUT2D eigenvalue weighted by Gasteiger charge is 2.21. The summed E-state index contributed by atoms with van der Waals surface area (Å²) in [6, 6.07) is 16.3. The van der Waals surface area contributed by atoms with Gasteiger partial charge in [-0.05, 0) is 23.6 Å². The van der Waals surface area contributed by atoms with Crippen molar-refractivity contribution in [3.05, 3.63) is 93.9 Å². The number of nitrogens with zero attached hydrogens (tertiary/aromatic N) is 6. The van der Waals surface area contributed by atoms with Crippen LogP contribution in [0.3, 0.4) is 0 Å². The Balaban J connectivity index is 1.53. The molecule has 0 bridgehead atoms. The van der Waals surface area contributed by atoms with Gasteiger partial charge in [0.1, 0.15) is 17.5 Å². The minimum absolute atomic E-state index is 0.340. The van der Waals surface area contributed by atoms with Crippen molar-refractivity contribution in [3.8, 4) is 11.5 Å². The summed E-state index contributed by atoms with van der Waals surface area (Å²) >= 11 is 4.30. The molecule has 3 aromatic rings. The summed E-state index contributed by atoms with van der Waals surface area (Å²) < 4.78 is 3.51. The normalized spacial score (nSPS) is 11.4. The van der Waals surface area contributed by atoms with Crippen molar-refractivity contribution < 1.29 is 0 Å². The van der Waals surface area contributed by atoms with Gasteiger partial charge in [0.15, 0.2) is 11.5 Å². The number of thiol groups is 1. The molecular weight excluding hydrogens is 408 g/mol. The van der Waals surface area contributed by atoms with E-state index >= 15 is 0 Å². The molecule has 0 aliphatic carbocycles. The van der Waals surface area contributed by atoms with E-state index in [0.29, 0.717) is 41.5 Å². The second-order valence-corrected chi connectivity index (χ2v) is 7.85. The highest BCUT2D eigenvalue weighted by Crippen LogP contribution is 2.23. The number of aryl methyl sites for hydroxylation is 1. The van der Waals surface area contributed by atoms with E-state index in [1.54, 1.807) is 10.9 Å². The minimum Gasteiger partial charge on any atom is -0.311 e. The van der Waals surface area contributed by atoms with Crippen LogP contribution in [0.2, 0.25) is 0 Å². The molecule has 1 aromatic heterocycles. The van der Waals surface area contributed by atoms with E-state index in [1.807, 2.05) is 35.8 Å². The van der Waals surface area contributed by atoms with Crippen LogP contribution in [-0.4, -0.2) is 29.1 Å². The number of fused-ring (bicyclic) bond motifs is 3. The van der Waals surface area contributed by atoms with Gasteiger partial charge in [-0.3, -0.25) is 4.57 Å². The van der Waals surface area contributed by atoms with Gasteiger partial charge in [-0.2, -0.15) is 17.6 Å². The van der Waals surface area contributed by atoms with Gasteiger partial charge in [-0.25, -0.2) is 19.7 Å². The molecule has 3 heterocycles. The Morgan fingerprint density at radius 3 is 2.29 bits per heavy atom. The average Bonchev–Trinajstić information content (AvgIpc) is 3.25. The fourth-order valence-electron chi connectivity index (χ4n) is 3.61. The highest BCUT2D eigenvalue weighted by molar-refractivity contribution is 7.79. The summed E-state index contributed by atoms with van der Waals surface area (Å²) in [5, 5.41) is 0. The van der Waals surface area contributed by atoms with E-state index in [1.165, 1.54) is 17.5 Å². The summed E-state index contributed by atoms with van der Waals surface area (Å²) in [5.41, 5.74) is 5.80. The van der Waals surface area contributed by atoms with Gasteiger partial charge in [0, 0.05) is 5.75 Å². The van der Waals surface area contributed by atoms with Gasteiger partial charge in [0.25, 0.3) is 0 Å². The van der Waals surface area contributed by atoms with Gasteiger partial charge in [0.05, 0.1) is 19.4 Å². The monoisotopic (exact) mass is 428 g/mol. The molecule has 0 N–H and O–H groups in total. The van der Waals surface area contributed by atoms with E-state index in [9.17, 15) is 4.79 Å². The molecule has 154 valence electrons. The third-order valence-electron chi connectivity index (χ3n) is 5.32. The molecule has 0 spiro atoms. The van der Waals surface area contributed by atoms with Gasteiger partial charge >= 0.3 is 5.69 Å². The molecule has 0 atom stereocenters. The molecule has 8 heteroatoms. The molecule has 0 saturated carbocycles. The fourth-order valence-corrected chi connectivity index (χ4v) is 3.82. The van der Waals surface area contributed by atoms with E-state index in [4.69, 9.17) is 0 Å². The van der Waals surface area contributed by atoms with Crippen molar-refractivity contribution in [2.24, 2.45) is 0 Å². The predicted octanol–water partition coefficient (Wildman–Crippen LogP) is 3.32. The Bertz CT molecular complexity index is 1390. The zero-order chi connectivity index (χ0) is 21.4. The van der Waals surface area contributed by atoms with Crippen molar-refractivity contribution in [2.45, 2.75) is 25.8 Å². The zero-order valence-corrected chi connectivity index (χ0v) is 17.8. The number of hydrogen-bond acceptors (Lipinski definition) is 6. The zero-order valence-electron chi connectivity index (χ0n) is 16.9. The second kappa shape index (κ2) is 7.96. The van der Waals surface area contributed by atoms with Crippen LogP contribution in [0.25, 0.3) is 22.7 Å². The molecule has 0 amide bonds. The Kier molecular flexibility index (Phi) is 4.99.